The van der Waals surface area contributed by atoms with Gasteiger partial charge in [0.2, 0.25) is 0 Å². The predicted molar refractivity (Wildman–Crippen MR) is 115 cm³/mol. The van der Waals surface area contributed by atoms with Crippen LogP contribution < -0.4 is 0 Å². The summed E-state index contributed by atoms with van der Waals surface area (Å²) in [7, 11) is 0. The van der Waals surface area contributed by atoms with Gasteiger partial charge in [-0.15, -0.1) is 10.2 Å². The smallest absolute Gasteiger partial charge is 0.253 e. The normalized spacial score (nSPS) is 17.5. The van der Waals surface area contributed by atoms with Crippen LogP contribution in [0.15, 0.2) is 48.8 Å². The summed E-state index contributed by atoms with van der Waals surface area (Å²) in [6.07, 6.45) is 8.75. The zero-order chi connectivity index (χ0) is 20.3. The van der Waals surface area contributed by atoms with Crippen molar-refractivity contribution in [2.24, 2.45) is 0 Å². The first kappa shape index (κ1) is 19.1. The number of aromatic nitrogens is 4. The zero-order valence-corrected chi connectivity index (χ0v) is 17.3. The zero-order valence-electron chi connectivity index (χ0n) is 17.3. The van der Waals surface area contributed by atoms with Crippen molar-refractivity contribution in [1.29, 1.82) is 0 Å². The number of fused-ring (bicyclic) bond motifs is 1. The van der Waals surface area contributed by atoms with Crippen molar-refractivity contribution in [3.63, 3.8) is 0 Å². The van der Waals surface area contributed by atoms with Crippen LogP contribution in [0.2, 0.25) is 0 Å². The average molecular weight is 405 g/mol. The topological polar surface area (TPSA) is 59.2 Å². The first-order chi connectivity index (χ1) is 14.8. The predicted octanol–water partition coefficient (Wildman–Crippen LogP) is 2.75. The van der Waals surface area contributed by atoms with Crippen LogP contribution in [-0.2, 0) is 19.5 Å². The number of aryl methyl sites for hydroxylation is 1. The Morgan fingerprint density at radius 2 is 1.63 bits per heavy atom. The minimum Gasteiger partial charge on any atom is -0.336 e. The molecule has 30 heavy (non-hydrogen) atoms. The summed E-state index contributed by atoms with van der Waals surface area (Å²) < 4.78 is 4.36. The number of hydrogen-bond donors (Lipinski definition) is 0. The molecule has 4 heterocycles. The molecule has 2 aliphatic heterocycles. The summed E-state index contributed by atoms with van der Waals surface area (Å²) in [4.78, 5) is 17.3. The van der Waals surface area contributed by atoms with Gasteiger partial charge in [-0.3, -0.25) is 9.69 Å². The Balaban J connectivity index is 1.18. The molecule has 0 atom stereocenters. The van der Waals surface area contributed by atoms with Crippen molar-refractivity contribution < 1.29 is 4.79 Å². The first-order valence-electron chi connectivity index (χ1n) is 10.9. The summed E-state index contributed by atoms with van der Waals surface area (Å²) in [6, 6.07) is 11.8. The highest BCUT2D eigenvalue weighted by Gasteiger charge is 2.24. The molecule has 0 aliphatic carbocycles. The molecule has 0 bridgehead atoms. The first-order valence-corrected chi connectivity index (χ1v) is 10.9. The lowest BCUT2D eigenvalue weighted by molar-refractivity contribution is 0.0624. The van der Waals surface area contributed by atoms with E-state index in [1.54, 1.807) is 0 Å². The van der Waals surface area contributed by atoms with Crippen LogP contribution in [-0.4, -0.2) is 61.2 Å². The SMILES string of the molecule is O=C(c1ccc(-n2cccc2)cc1)N1CCN(Cc2nnc3n2CCCCC3)CC1. The third-order valence-corrected chi connectivity index (χ3v) is 6.23. The van der Waals surface area contributed by atoms with E-state index in [1.807, 2.05) is 58.3 Å². The third kappa shape index (κ3) is 3.89. The van der Waals surface area contributed by atoms with Crippen molar-refractivity contribution in [3.05, 3.63) is 66.0 Å². The highest BCUT2D eigenvalue weighted by molar-refractivity contribution is 5.94. The van der Waals surface area contributed by atoms with E-state index in [9.17, 15) is 4.79 Å². The Labute approximate surface area is 176 Å². The van der Waals surface area contributed by atoms with Crippen molar-refractivity contribution in [1.82, 2.24) is 29.1 Å². The molecule has 0 N–H and O–H groups in total. The van der Waals surface area contributed by atoms with E-state index in [0.29, 0.717) is 0 Å². The molecule has 0 saturated carbocycles. The molecule has 5 rings (SSSR count). The van der Waals surface area contributed by atoms with Crippen molar-refractivity contribution in [2.45, 2.75) is 38.8 Å². The summed E-state index contributed by atoms with van der Waals surface area (Å²) in [5.41, 5.74) is 1.82. The quantitative estimate of drug-likeness (QED) is 0.671. The Morgan fingerprint density at radius 1 is 0.867 bits per heavy atom. The van der Waals surface area contributed by atoms with Crippen molar-refractivity contribution in [2.75, 3.05) is 26.2 Å². The molecular formula is C23H28N6O. The van der Waals surface area contributed by atoms with Gasteiger partial charge in [0, 0.05) is 62.8 Å². The van der Waals surface area contributed by atoms with Crippen LogP contribution in [0.3, 0.4) is 0 Å². The number of carbonyl (C=O) groups is 1. The van der Waals surface area contributed by atoms with E-state index in [1.165, 1.54) is 19.3 Å². The van der Waals surface area contributed by atoms with Gasteiger partial charge in [-0.25, -0.2) is 0 Å². The van der Waals surface area contributed by atoms with Crippen molar-refractivity contribution in [3.8, 4) is 5.69 Å². The highest BCUT2D eigenvalue weighted by atomic mass is 16.2. The molecule has 0 unspecified atom stereocenters. The minimum absolute atomic E-state index is 0.116. The number of carbonyl (C=O) groups excluding carboxylic acids is 1. The fraction of sp³-hybridized carbons (Fsp3) is 0.435. The van der Waals surface area contributed by atoms with Gasteiger partial charge in [0.05, 0.1) is 6.54 Å². The highest BCUT2D eigenvalue weighted by Crippen LogP contribution is 2.17. The lowest BCUT2D eigenvalue weighted by atomic mass is 10.1. The Hall–Kier alpha value is -2.93. The monoisotopic (exact) mass is 404 g/mol. The summed E-state index contributed by atoms with van der Waals surface area (Å²) in [5.74, 6) is 2.33. The van der Waals surface area contributed by atoms with Crippen LogP contribution in [0.4, 0.5) is 0 Å². The Bertz CT molecular complexity index is 983. The molecule has 3 aromatic rings. The fourth-order valence-corrected chi connectivity index (χ4v) is 4.44. The second kappa shape index (κ2) is 8.44. The number of piperazine rings is 1. The summed E-state index contributed by atoms with van der Waals surface area (Å²) in [6.45, 7) is 5.10. The van der Waals surface area contributed by atoms with Crippen molar-refractivity contribution >= 4 is 5.91 Å². The summed E-state index contributed by atoms with van der Waals surface area (Å²) in [5, 5.41) is 8.86. The number of benzene rings is 1. The molecule has 156 valence electrons. The Kier molecular flexibility index (Phi) is 5.36. The lowest BCUT2D eigenvalue weighted by Crippen LogP contribution is -2.48. The van der Waals surface area contributed by atoms with Gasteiger partial charge in [-0.2, -0.15) is 0 Å². The van der Waals surface area contributed by atoms with Gasteiger partial charge in [-0.1, -0.05) is 6.42 Å². The number of hydrogen-bond acceptors (Lipinski definition) is 4. The number of rotatable bonds is 4. The fourth-order valence-electron chi connectivity index (χ4n) is 4.44. The molecule has 7 nitrogen and oxygen atoms in total. The standard InChI is InChI=1S/C23H28N6O/c30-23(19-7-9-20(10-8-19)27-11-4-5-12-27)28-16-14-26(15-17-28)18-22-25-24-21-6-2-1-3-13-29(21)22/h4-5,7-12H,1-3,6,13-18H2. The molecular weight excluding hydrogens is 376 g/mol. The summed E-state index contributed by atoms with van der Waals surface area (Å²) >= 11 is 0. The van der Waals surface area contributed by atoms with Crippen LogP contribution in [0, 0.1) is 0 Å². The van der Waals surface area contributed by atoms with Gasteiger partial charge in [-0.05, 0) is 49.2 Å². The second-order valence-electron chi connectivity index (χ2n) is 8.20. The molecule has 0 spiro atoms. The van der Waals surface area contributed by atoms with E-state index in [4.69, 9.17) is 0 Å². The number of nitrogens with zero attached hydrogens (tertiary/aromatic N) is 6. The second-order valence-corrected chi connectivity index (χ2v) is 8.20. The molecule has 1 saturated heterocycles. The van der Waals surface area contributed by atoms with Crippen LogP contribution in [0.1, 0.15) is 41.3 Å². The van der Waals surface area contributed by atoms with Crippen LogP contribution in [0.5, 0.6) is 0 Å². The molecule has 2 aromatic heterocycles. The van der Waals surface area contributed by atoms with E-state index in [0.717, 1.165) is 68.6 Å². The molecule has 2 aliphatic rings. The van der Waals surface area contributed by atoms with E-state index in [2.05, 4.69) is 19.7 Å². The maximum absolute atomic E-state index is 12.9. The van der Waals surface area contributed by atoms with Crippen LogP contribution >= 0.6 is 0 Å². The van der Waals surface area contributed by atoms with E-state index < -0.39 is 0 Å². The molecule has 1 amide bonds. The molecule has 1 fully saturated rings. The van der Waals surface area contributed by atoms with E-state index in [-0.39, 0.29) is 5.91 Å². The molecule has 1 aromatic carbocycles. The maximum Gasteiger partial charge on any atom is 0.253 e. The van der Waals surface area contributed by atoms with E-state index >= 15 is 0 Å². The number of amides is 1. The van der Waals surface area contributed by atoms with Gasteiger partial charge in [0.25, 0.3) is 5.91 Å². The molecule has 0 radical (unpaired) electrons. The van der Waals surface area contributed by atoms with Crippen LogP contribution in [0.25, 0.3) is 5.69 Å². The molecule has 7 heteroatoms. The Morgan fingerprint density at radius 3 is 2.40 bits per heavy atom. The largest absolute Gasteiger partial charge is 0.336 e. The third-order valence-electron chi connectivity index (χ3n) is 6.23. The van der Waals surface area contributed by atoms with Gasteiger partial charge >= 0.3 is 0 Å². The van der Waals surface area contributed by atoms with Gasteiger partial charge in [0.15, 0.2) is 0 Å². The lowest BCUT2D eigenvalue weighted by Gasteiger charge is -2.34. The van der Waals surface area contributed by atoms with Gasteiger partial charge < -0.3 is 14.0 Å². The van der Waals surface area contributed by atoms with Gasteiger partial charge in [0.1, 0.15) is 11.6 Å². The average Bonchev–Trinajstić information content (AvgIpc) is 3.39. The maximum atomic E-state index is 12.9. The minimum atomic E-state index is 0.116.